The molecular formula is C9H7ClFNO3. The minimum absolute atomic E-state index is 0.0464. The molecule has 0 heterocycles. The molecule has 0 aliphatic heterocycles. The Hall–Kier alpha value is -1.49. The molecule has 80 valence electrons. The summed E-state index contributed by atoms with van der Waals surface area (Å²) in [5, 5.41) is 10.4. The third-order valence-corrected chi connectivity index (χ3v) is 2.23. The number of nitro groups is 1. The second kappa shape index (κ2) is 4.35. The number of hydrogen-bond acceptors (Lipinski definition) is 3. The molecule has 1 rings (SSSR count). The minimum atomic E-state index is -0.990. The van der Waals surface area contributed by atoms with E-state index in [2.05, 4.69) is 0 Å². The monoisotopic (exact) mass is 231 g/mol. The van der Waals surface area contributed by atoms with Gasteiger partial charge in [0.2, 0.25) is 5.82 Å². The average molecular weight is 232 g/mol. The molecule has 0 N–H and O–H groups in total. The molecule has 0 saturated heterocycles. The van der Waals surface area contributed by atoms with Crippen LogP contribution in [-0.4, -0.2) is 16.6 Å². The molecule has 0 unspecified atom stereocenters. The first-order valence-corrected chi connectivity index (χ1v) is 4.55. The highest BCUT2D eigenvalue weighted by atomic mass is 35.5. The Morgan fingerprint density at radius 3 is 2.67 bits per heavy atom. The SMILES string of the molecule is Cc1c(C(=O)CCl)ccc([N+](=O)[O-])c1F. The molecule has 0 aliphatic rings. The van der Waals surface area contributed by atoms with Crippen molar-refractivity contribution in [1.29, 1.82) is 0 Å². The van der Waals surface area contributed by atoms with Crippen molar-refractivity contribution in [1.82, 2.24) is 0 Å². The van der Waals surface area contributed by atoms with Crippen LogP contribution in [0.2, 0.25) is 0 Å². The van der Waals surface area contributed by atoms with Crippen LogP contribution < -0.4 is 0 Å². The minimum Gasteiger partial charge on any atom is -0.293 e. The number of nitro benzene ring substituents is 1. The fraction of sp³-hybridized carbons (Fsp3) is 0.222. The standard InChI is InChI=1S/C9H7ClFNO3/c1-5-6(8(13)4-10)2-3-7(9(5)11)12(14)15/h2-3H,4H2,1H3. The van der Waals surface area contributed by atoms with E-state index in [0.717, 1.165) is 6.07 Å². The van der Waals surface area contributed by atoms with Gasteiger partial charge in [0.15, 0.2) is 5.78 Å². The van der Waals surface area contributed by atoms with Crippen molar-refractivity contribution in [2.45, 2.75) is 6.92 Å². The zero-order valence-electron chi connectivity index (χ0n) is 7.79. The quantitative estimate of drug-likeness (QED) is 0.347. The van der Waals surface area contributed by atoms with Crippen LogP contribution in [0.4, 0.5) is 10.1 Å². The number of ketones is 1. The Labute approximate surface area is 89.8 Å². The van der Waals surface area contributed by atoms with E-state index < -0.39 is 22.2 Å². The van der Waals surface area contributed by atoms with Crippen molar-refractivity contribution >= 4 is 23.1 Å². The number of carbonyl (C=O) groups is 1. The highest BCUT2D eigenvalue weighted by Crippen LogP contribution is 2.23. The van der Waals surface area contributed by atoms with Crippen LogP contribution in [0, 0.1) is 22.9 Å². The Kier molecular flexibility index (Phi) is 3.36. The third-order valence-electron chi connectivity index (χ3n) is 1.98. The summed E-state index contributed by atoms with van der Waals surface area (Å²) >= 11 is 5.31. The van der Waals surface area contributed by atoms with Crippen molar-refractivity contribution in [3.63, 3.8) is 0 Å². The fourth-order valence-corrected chi connectivity index (χ4v) is 1.33. The van der Waals surface area contributed by atoms with Crippen LogP contribution in [0.15, 0.2) is 12.1 Å². The van der Waals surface area contributed by atoms with Gasteiger partial charge in [0.05, 0.1) is 10.8 Å². The number of carbonyl (C=O) groups excluding carboxylic acids is 1. The van der Waals surface area contributed by atoms with E-state index in [1.54, 1.807) is 0 Å². The molecule has 0 fully saturated rings. The van der Waals surface area contributed by atoms with E-state index in [-0.39, 0.29) is 17.0 Å². The van der Waals surface area contributed by atoms with Crippen molar-refractivity contribution in [2.24, 2.45) is 0 Å². The van der Waals surface area contributed by atoms with E-state index in [0.29, 0.717) is 0 Å². The van der Waals surface area contributed by atoms with Crippen molar-refractivity contribution < 1.29 is 14.1 Å². The normalized spacial score (nSPS) is 10.1. The topological polar surface area (TPSA) is 60.2 Å². The van der Waals surface area contributed by atoms with Gasteiger partial charge < -0.3 is 0 Å². The van der Waals surface area contributed by atoms with Gasteiger partial charge in [-0.2, -0.15) is 4.39 Å². The second-order valence-corrected chi connectivity index (χ2v) is 3.15. The number of halogens is 2. The summed E-state index contributed by atoms with van der Waals surface area (Å²) in [6, 6.07) is 2.17. The molecular weight excluding hydrogens is 225 g/mol. The number of Topliss-reactive ketones (excluding diaryl/α,β-unsaturated/α-hetero) is 1. The van der Waals surface area contributed by atoms with Gasteiger partial charge in [0.25, 0.3) is 0 Å². The van der Waals surface area contributed by atoms with E-state index in [9.17, 15) is 19.3 Å². The lowest BCUT2D eigenvalue weighted by molar-refractivity contribution is -0.387. The first-order valence-electron chi connectivity index (χ1n) is 4.01. The van der Waals surface area contributed by atoms with E-state index in [1.807, 2.05) is 0 Å². The predicted molar refractivity (Wildman–Crippen MR) is 52.8 cm³/mol. The Balaban J connectivity index is 3.33. The van der Waals surface area contributed by atoms with Crippen LogP contribution in [0.3, 0.4) is 0 Å². The first kappa shape index (κ1) is 11.6. The molecule has 1 aromatic carbocycles. The number of rotatable bonds is 3. The molecule has 15 heavy (non-hydrogen) atoms. The molecule has 0 spiro atoms. The van der Waals surface area contributed by atoms with E-state index in [4.69, 9.17) is 11.6 Å². The van der Waals surface area contributed by atoms with Gasteiger partial charge in [-0.3, -0.25) is 14.9 Å². The van der Waals surface area contributed by atoms with Crippen LogP contribution in [0.25, 0.3) is 0 Å². The lowest BCUT2D eigenvalue weighted by atomic mass is 10.0. The Bertz CT molecular complexity index is 434. The van der Waals surface area contributed by atoms with Gasteiger partial charge in [0, 0.05) is 17.2 Å². The highest BCUT2D eigenvalue weighted by molar-refractivity contribution is 6.30. The van der Waals surface area contributed by atoms with E-state index in [1.165, 1.54) is 13.0 Å². The van der Waals surface area contributed by atoms with Crippen LogP contribution in [-0.2, 0) is 0 Å². The van der Waals surface area contributed by atoms with Crippen LogP contribution >= 0.6 is 11.6 Å². The predicted octanol–water partition coefficient (Wildman–Crippen LogP) is 2.46. The molecule has 1 aromatic rings. The fourth-order valence-electron chi connectivity index (χ4n) is 1.19. The molecule has 4 nitrogen and oxygen atoms in total. The second-order valence-electron chi connectivity index (χ2n) is 2.89. The Morgan fingerprint density at radius 2 is 2.20 bits per heavy atom. The molecule has 0 amide bonds. The summed E-state index contributed by atoms with van der Waals surface area (Å²) in [5.41, 5.74) is -0.610. The highest BCUT2D eigenvalue weighted by Gasteiger charge is 2.20. The van der Waals surface area contributed by atoms with Gasteiger partial charge in [-0.15, -0.1) is 11.6 Å². The molecule has 0 bridgehead atoms. The molecule has 0 radical (unpaired) electrons. The summed E-state index contributed by atoms with van der Waals surface area (Å²) in [6.45, 7) is 1.31. The maximum atomic E-state index is 13.4. The van der Waals surface area contributed by atoms with Gasteiger partial charge >= 0.3 is 5.69 Å². The summed E-state index contributed by atoms with van der Waals surface area (Å²) in [5.74, 6) is -1.73. The lowest BCUT2D eigenvalue weighted by Crippen LogP contribution is -2.06. The van der Waals surface area contributed by atoms with Gasteiger partial charge in [-0.1, -0.05) is 0 Å². The van der Waals surface area contributed by atoms with Gasteiger partial charge in [-0.25, -0.2) is 0 Å². The first-order chi connectivity index (χ1) is 6.99. The third kappa shape index (κ3) is 2.12. The molecule has 0 aliphatic carbocycles. The number of hydrogen-bond donors (Lipinski definition) is 0. The number of alkyl halides is 1. The zero-order chi connectivity index (χ0) is 11.6. The molecule has 0 atom stereocenters. The maximum absolute atomic E-state index is 13.4. The van der Waals surface area contributed by atoms with Crippen molar-refractivity contribution in [3.05, 3.63) is 39.2 Å². The summed E-state index contributed by atoms with van der Waals surface area (Å²) in [7, 11) is 0. The zero-order valence-corrected chi connectivity index (χ0v) is 8.55. The van der Waals surface area contributed by atoms with Crippen LogP contribution in [0.5, 0.6) is 0 Å². The number of nitrogens with zero attached hydrogens (tertiary/aromatic N) is 1. The Morgan fingerprint density at radius 1 is 1.60 bits per heavy atom. The molecule has 0 saturated carbocycles. The maximum Gasteiger partial charge on any atom is 0.305 e. The molecule has 6 heteroatoms. The summed E-state index contributed by atoms with van der Waals surface area (Å²) in [4.78, 5) is 20.7. The lowest BCUT2D eigenvalue weighted by Gasteiger charge is -2.03. The van der Waals surface area contributed by atoms with Crippen molar-refractivity contribution in [2.75, 3.05) is 5.88 Å². The van der Waals surface area contributed by atoms with Gasteiger partial charge in [0.1, 0.15) is 0 Å². The average Bonchev–Trinajstić information content (AvgIpc) is 2.20. The summed E-state index contributed by atoms with van der Waals surface area (Å²) < 4.78 is 13.4. The number of benzene rings is 1. The van der Waals surface area contributed by atoms with Crippen molar-refractivity contribution in [3.8, 4) is 0 Å². The van der Waals surface area contributed by atoms with Crippen LogP contribution in [0.1, 0.15) is 15.9 Å². The summed E-state index contributed by atoms with van der Waals surface area (Å²) in [6.07, 6.45) is 0. The van der Waals surface area contributed by atoms with Gasteiger partial charge in [-0.05, 0) is 13.0 Å². The van der Waals surface area contributed by atoms with E-state index >= 15 is 0 Å². The smallest absolute Gasteiger partial charge is 0.293 e. The largest absolute Gasteiger partial charge is 0.305 e. The molecule has 0 aromatic heterocycles.